The fourth-order valence-electron chi connectivity index (χ4n) is 3.53. The van der Waals surface area contributed by atoms with E-state index in [0.717, 1.165) is 25.7 Å². The van der Waals surface area contributed by atoms with Gasteiger partial charge in [0.25, 0.3) is 0 Å². The first-order valence-corrected chi connectivity index (χ1v) is 7.97. The lowest BCUT2D eigenvalue weighted by molar-refractivity contribution is -0.167. The van der Waals surface area contributed by atoms with E-state index >= 15 is 0 Å². The Morgan fingerprint density at radius 3 is 2.30 bits per heavy atom. The highest BCUT2D eigenvalue weighted by atomic mass is 16.5. The number of ether oxygens (including phenoxy) is 1. The minimum atomic E-state index is -0.378. The lowest BCUT2D eigenvalue weighted by Crippen LogP contribution is -2.58. The molecule has 1 fully saturated rings. The van der Waals surface area contributed by atoms with E-state index in [4.69, 9.17) is 10.5 Å². The van der Waals surface area contributed by atoms with Crippen LogP contribution in [0.3, 0.4) is 0 Å². The zero-order valence-electron chi connectivity index (χ0n) is 13.9. The SMILES string of the molecule is CCCC(CN)(CCC)C(=O)N1CC(C)OC(C)(C)C1. The Morgan fingerprint density at radius 2 is 1.90 bits per heavy atom. The quantitative estimate of drug-likeness (QED) is 0.815. The number of amides is 1. The van der Waals surface area contributed by atoms with E-state index in [-0.39, 0.29) is 23.0 Å². The zero-order valence-corrected chi connectivity index (χ0v) is 13.9. The fourth-order valence-corrected chi connectivity index (χ4v) is 3.53. The fraction of sp³-hybridized carbons (Fsp3) is 0.938. The van der Waals surface area contributed by atoms with Crippen molar-refractivity contribution in [3.05, 3.63) is 0 Å². The van der Waals surface area contributed by atoms with Crippen LogP contribution in [0.2, 0.25) is 0 Å². The van der Waals surface area contributed by atoms with Gasteiger partial charge in [-0.2, -0.15) is 0 Å². The highest BCUT2D eigenvalue weighted by Crippen LogP contribution is 2.33. The topological polar surface area (TPSA) is 55.6 Å². The van der Waals surface area contributed by atoms with Gasteiger partial charge < -0.3 is 15.4 Å². The Kier molecular flexibility index (Phi) is 6.02. The highest BCUT2D eigenvalue weighted by molar-refractivity contribution is 5.83. The predicted molar refractivity (Wildman–Crippen MR) is 82.5 cm³/mol. The average Bonchev–Trinajstić information content (AvgIpc) is 2.35. The summed E-state index contributed by atoms with van der Waals surface area (Å²) in [6.07, 6.45) is 3.82. The number of nitrogens with zero attached hydrogens (tertiary/aromatic N) is 1. The van der Waals surface area contributed by atoms with Gasteiger partial charge in [0, 0.05) is 19.6 Å². The summed E-state index contributed by atoms with van der Waals surface area (Å²) in [6.45, 7) is 12.2. The van der Waals surface area contributed by atoms with Crippen LogP contribution in [0.1, 0.15) is 60.3 Å². The molecule has 1 atom stereocenters. The van der Waals surface area contributed by atoms with E-state index in [1.807, 2.05) is 25.7 Å². The molecule has 0 saturated carbocycles. The molecule has 1 aliphatic rings. The van der Waals surface area contributed by atoms with Gasteiger partial charge in [-0.05, 0) is 33.6 Å². The van der Waals surface area contributed by atoms with Crippen LogP contribution >= 0.6 is 0 Å². The standard InChI is InChI=1S/C16H32N2O2/c1-6-8-16(11-17,9-7-2)14(19)18-10-13(3)20-15(4,5)12-18/h13H,6-12,17H2,1-5H3. The van der Waals surface area contributed by atoms with Crippen molar-refractivity contribution in [2.45, 2.75) is 72.0 Å². The lowest BCUT2D eigenvalue weighted by Gasteiger charge is -2.45. The Hall–Kier alpha value is -0.610. The van der Waals surface area contributed by atoms with Crippen LogP contribution in [0.4, 0.5) is 0 Å². The van der Waals surface area contributed by atoms with Crippen LogP contribution in [0, 0.1) is 5.41 Å². The van der Waals surface area contributed by atoms with Crippen LogP contribution in [0.5, 0.6) is 0 Å². The second-order valence-electron chi connectivity index (χ2n) is 6.86. The van der Waals surface area contributed by atoms with Gasteiger partial charge in [0.1, 0.15) is 0 Å². The third-order valence-electron chi connectivity index (χ3n) is 4.16. The van der Waals surface area contributed by atoms with Crippen molar-refractivity contribution in [2.24, 2.45) is 11.1 Å². The van der Waals surface area contributed by atoms with Crippen molar-refractivity contribution in [3.63, 3.8) is 0 Å². The molecule has 0 radical (unpaired) electrons. The summed E-state index contributed by atoms with van der Waals surface area (Å²) in [7, 11) is 0. The van der Waals surface area contributed by atoms with E-state index in [2.05, 4.69) is 13.8 Å². The molecule has 0 aromatic rings. The summed E-state index contributed by atoms with van der Waals surface area (Å²) in [5, 5.41) is 0. The molecule has 1 aliphatic heterocycles. The molecule has 1 amide bonds. The van der Waals surface area contributed by atoms with Gasteiger partial charge in [0.15, 0.2) is 0 Å². The van der Waals surface area contributed by atoms with E-state index in [1.165, 1.54) is 0 Å². The number of carbonyl (C=O) groups excluding carboxylic acids is 1. The molecule has 118 valence electrons. The van der Waals surface area contributed by atoms with Crippen LogP contribution in [-0.2, 0) is 9.53 Å². The molecular weight excluding hydrogens is 252 g/mol. The van der Waals surface area contributed by atoms with Gasteiger partial charge in [0.2, 0.25) is 5.91 Å². The van der Waals surface area contributed by atoms with Crippen molar-refractivity contribution >= 4 is 5.91 Å². The Bertz CT molecular complexity index is 322. The van der Waals surface area contributed by atoms with E-state index in [9.17, 15) is 4.79 Å². The lowest BCUT2D eigenvalue weighted by atomic mass is 9.77. The Labute approximate surface area is 124 Å². The number of hydrogen-bond acceptors (Lipinski definition) is 3. The summed E-state index contributed by atoms with van der Waals surface area (Å²) in [5.41, 5.74) is 5.36. The molecule has 0 bridgehead atoms. The molecule has 2 N–H and O–H groups in total. The minimum Gasteiger partial charge on any atom is -0.369 e. The second-order valence-corrected chi connectivity index (χ2v) is 6.86. The maximum Gasteiger partial charge on any atom is 0.230 e. The normalized spacial score (nSPS) is 22.9. The summed E-state index contributed by atoms with van der Waals surface area (Å²) in [6, 6.07) is 0. The average molecular weight is 284 g/mol. The third-order valence-corrected chi connectivity index (χ3v) is 4.16. The Balaban J connectivity index is 2.93. The summed E-state index contributed by atoms with van der Waals surface area (Å²) in [4.78, 5) is 15.0. The molecule has 1 unspecified atom stereocenters. The van der Waals surface area contributed by atoms with E-state index in [1.54, 1.807) is 0 Å². The van der Waals surface area contributed by atoms with Gasteiger partial charge in [-0.15, -0.1) is 0 Å². The molecule has 4 heteroatoms. The maximum absolute atomic E-state index is 13.1. The van der Waals surface area contributed by atoms with Crippen molar-refractivity contribution < 1.29 is 9.53 Å². The maximum atomic E-state index is 13.1. The van der Waals surface area contributed by atoms with E-state index < -0.39 is 0 Å². The molecule has 0 aliphatic carbocycles. The highest BCUT2D eigenvalue weighted by Gasteiger charge is 2.42. The summed E-state index contributed by atoms with van der Waals surface area (Å²) in [5.74, 6) is 0.229. The number of carbonyl (C=O) groups is 1. The molecule has 20 heavy (non-hydrogen) atoms. The molecule has 0 spiro atoms. The second kappa shape index (κ2) is 6.90. The van der Waals surface area contributed by atoms with Gasteiger partial charge in [-0.3, -0.25) is 4.79 Å². The van der Waals surface area contributed by atoms with Crippen molar-refractivity contribution in [3.8, 4) is 0 Å². The molecule has 1 heterocycles. The molecule has 0 aromatic heterocycles. The largest absolute Gasteiger partial charge is 0.369 e. The van der Waals surface area contributed by atoms with Gasteiger partial charge in [-0.1, -0.05) is 26.7 Å². The molecular formula is C16H32N2O2. The van der Waals surface area contributed by atoms with Crippen LogP contribution < -0.4 is 5.73 Å². The summed E-state index contributed by atoms with van der Waals surface area (Å²) < 4.78 is 5.90. The number of morpholine rings is 1. The van der Waals surface area contributed by atoms with Gasteiger partial charge in [0.05, 0.1) is 17.1 Å². The van der Waals surface area contributed by atoms with Crippen LogP contribution in [0.25, 0.3) is 0 Å². The molecule has 1 rings (SSSR count). The van der Waals surface area contributed by atoms with E-state index in [0.29, 0.717) is 19.6 Å². The first-order valence-electron chi connectivity index (χ1n) is 7.97. The Morgan fingerprint density at radius 1 is 1.35 bits per heavy atom. The number of rotatable bonds is 6. The molecule has 4 nitrogen and oxygen atoms in total. The zero-order chi connectivity index (χ0) is 15.4. The first-order chi connectivity index (χ1) is 9.30. The first kappa shape index (κ1) is 17.4. The molecule has 0 aromatic carbocycles. The minimum absolute atomic E-state index is 0.0847. The monoisotopic (exact) mass is 284 g/mol. The number of nitrogens with two attached hydrogens (primary N) is 1. The number of hydrogen-bond donors (Lipinski definition) is 1. The predicted octanol–water partition coefficient (Wildman–Crippen LogP) is 2.56. The van der Waals surface area contributed by atoms with Gasteiger partial charge >= 0.3 is 0 Å². The van der Waals surface area contributed by atoms with Crippen molar-refractivity contribution in [1.82, 2.24) is 4.90 Å². The summed E-state index contributed by atoms with van der Waals surface area (Å²) >= 11 is 0. The van der Waals surface area contributed by atoms with Crippen molar-refractivity contribution in [2.75, 3.05) is 19.6 Å². The van der Waals surface area contributed by atoms with Gasteiger partial charge in [-0.25, -0.2) is 0 Å². The van der Waals surface area contributed by atoms with Crippen LogP contribution in [-0.4, -0.2) is 42.1 Å². The smallest absolute Gasteiger partial charge is 0.230 e. The molecule has 1 saturated heterocycles. The van der Waals surface area contributed by atoms with Crippen LogP contribution in [0.15, 0.2) is 0 Å². The van der Waals surface area contributed by atoms with Crippen molar-refractivity contribution in [1.29, 1.82) is 0 Å². The third kappa shape index (κ3) is 3.95.